The number of ether oxygens (including phenoxy) is 1. The zero-order valence-corrected chi connectivity index (χ0v) is 12.9. The predicted molar refractivity (Wildman–Crippen MR) is 83.2 cm³/mol. The second-order valence-electron chi connectivity index (χ2n) is 4.35. The maximum absolute atomic E-state index is 10.6. The highest BCUT2D eigenvalue weighted by Crippen LogP contribution is 2.33. The van der Waals surface area contributed by atoms with Crippen LogP contribution in [0.2, 0.25) is 0 Å². The molecule has 1 N–H and O–H groups in total. The molecule has 0 saturated heterocycles. The zero-order valence-electron chi connectivity index (χ0n) is 11.3. The molecule has 0 bridgehead atoms. The number of carboxylic acid groups (broad SMARTS) is 1. The topological polar surface area (TPSA) is 70.3 Å². The van der Waals surface area contributed by atoms with Crippen LogP contribution in [0.5, 0.6) is 5.75 Å². The summed E-state index contributed by atoms with van der Waals surface area (Å²) in [5.41, 5.74) is 0.822. The molecule has 0 fully saturated rings. The Bertz CT molecular complexity index is 536. The Hall–Kier alpha value is -1.58. The van der Waals surface area contributed by atoms with Gasteiger partial charge in [0.15, 0.2) is 0 Å². The van der Waals surface area contributed by atoms with E-state index in [-0.39, 0.29) is 12.8 Å². The number of carboxylic acids is 1. The standard InChI is InChI=1S/C14H15NO3S2/c1-14(9-15,8-7-12(16)17)20-13(19)10-3-5-11(18-2)6-4-10/h3-6H,7-8H2,1-2H3,(H,16,17). The fourth-order valence-electron chi connectivity index (χ4n) is 1.47. The van der Waals surface area contributed by atoms with Gasteiger partial charge in [-0.15, -0.1) is 0 Å². The summed E-state index contributed by atoms with van der Waals surface area (Å²) < 4.78 is 4.80. The van der Waals surface area contributed by atoms with Crippen LogP contribution in [0.15, 0.2) is 24.3 Å². The predicted octanol–water partition coefficient (Wildman–Crippen LogP) is 3.25. The summed E-state index contributed by atoms with van der Waals surface area (Å²) in [6.07, 6.45) is 0.197. The minimum absolute atomic E-state index is 0.0533. The van der Waals surface area contributed by atoms with Crippen molar-refractivity contribution >= 4 is 34.1 Å². The number of benzene rings is 1. The van der Waals surface area contributed by atoms with Crippen LogP contribution < -0.4 is 4.74 Å². The molecule has 0 aliphatic rings. The van der Waals surface area contributed by atoms with Crippen LogP contribution in [-0.4, -0.2) is 27.1 Å². The van der Waals surface area contributed by atoms with Crippen LogP contribution in [0.4, 0.5) is 0 Å². The van der Waals surface area contributed by atoms with Gasteiger partial charge in [0.05, 0.1) is 17.4 Å². The molecular formula is C14H15NO3S2. The van der Waals surface area contributed by atoms with Crippen LogP contribution in [0.25, 0.3) is 0 Å². The lowest BCUT2D eigenvalue weighted by Gasteiger charge is -2.20. The van der Waals surface area contributed by atoms with E-state index in [9.17, 15) is 10.1 Å². The number of thioether (sulfide) groups is 1. The minimum atomic E-state index is -0.914. The Morgan fingerprint density at radius 2 is 2.10 bits per heavy atom. The van der Waals surface area contributed by atoms with Gasteiger partial charge in [0.25, 0.3) is 0 Å². The van der Waals surface area contributed by atoms with E-state index in [0.717, 1.165) is 11.3 Å². The lowest BCUT2D eigenvalue weighted by atomic mass is 10.1. The minimum Gasteiger partial charge on any atom is -0.497 e. The SMILES string of the molecule is COc1ccc(C(=S)SC(C)(C#N)CCC(=O)O)cc1. The van der Waals surface area contributed by atoms with Crippen molar-refractivity contribution in [2.45, 2.75) is 24.5 Å². The number of hydrogen-bond donors (Lipinski definition) is 1. The molecule has 6 heteroatoms. The Labute approximate surface area is 127 Å². The van der Waals surface area contributed by atoms with Gasteiger partial charge in [-0.3, -0.25) is 4.79 Å². The molecule has 1 aromatic carbocycles. The first-order chi connectivity index (χ1) is 9.40. The van der Waals surface area contributed by atoms with Crippen LogP contribution in [-0.2, 0) is 4.79 Å². The highest BCUT2D eigenvalue weighted by atomic mass is 32.2. The van der Waals surface area contributed by atoms with E-state index in [4.69, 9.17) is 22.1 Å². The molecule has 0 aliphatic heterocycles. The van der Waals surface area contributed by atoms with Crippen molar-refractivity contribution in [1.29, 1.82) is 5.26 Å². The Kier molecular flexibility index (Phi) is 5.99. The molecule has 106 valence electrons. The average Bonchev–Trinajstić information content (AvgIpc) is 2.45. The highest BCUT2D eigenvalue weighted by Gasteiger charge is 2.27. The first-order valence-corrected chi connectivity index (χ1v) is 7.13. The quantitative estimate of drug-likeness (QED) is 0.813. The van der Waals surface area contributed by atoms with Gasteiger partial charge in [-0.2, -0.15) is 5.26 Å². The number of carbonyl (C=O) groups is 1. The molecule has 4 nitrogen and oxygen atoms in total. The number of rotatable bonds is 6. The first kappa shape index (κ1) is 16.5. The fourth-order valence-corrected chi connectivity index (χ4v) is 3.07. The van der Waals surface area contributed by atoms with Gasteiger partial charge >= 0.3 is 5.97 Å². The van der Waals surface area contributed by atoms with Crippen molar-refractivity contribution < 1.29 is 14.6 Å². The third-order valence-corrected chi connectivity index (χ3v) is 4.35. The summed E-state index contributed by atoms with van der Waals surface area (Å²) in [6, 6.07) is 9.38. The molecule has 1 aromatic rings. The van der Waals surface area contributed by atoms with E-state index >= 15 is 0 Å². The molecule has 0 saturated carbocycles. The molecule has 0 amide bonds. The summed E-state index contributed by atoms with van der Waals surface area (Å²) in [4.78, 5) is 10.6. The van der Waals surface area contributed by atoms with Crippen LogP contribution in [0, 0.1) is 11.3 Å². The van der Waals surface area contributed by atoms with Crippen molar-refractivity contribution in [1.82, 2.24) is 0 Å². The molecule has 0 aromatic heterocycles. The molecule has 1 rings (SSSR count). The van der Waals surface area contributed by atoms with Crippen molar-refractivity contribution in [3.05, 3.63) is 29.8 Å². The molecule has 1 atom stereocenters. The lowest BCUT2D eigenvalue weighted by molar-refractivity contribution is -0.137. The van der Waals surface area contributed by atoms with E-state index in [0.29, 0.717) is 4.20 Å². The van der Waals surface area contributed by atoms with Gasteiger partial charge < -0.3 is 9.84 Å². The lowest BCUT2D eigenvalue weighted by Crippen LogP contribution is -2.21. The maximum atomic E-state index is 10.6. The van der Waals surface area contributed by atoms with Gasteiger partial charge in [0.2, 0.25) is 0 Å². The number of nitrogens with zero attached hydrogens (tertiary/aromatic N) is 1. The Balaban J connectivity index is 2.75. The highest BCUT2D eigenvalue weighted by molar-refractivity contribution is 8.24. The second-order valence-corrected chi connectivity index (χ2v) is 6.53. The molecule has 0 spiro atoms. The number of methoxy groups -OCH3 is 1. The largest absolute Gasteiger partial charge is 0.497 e. The number of hydrogen-bond acceptors (Lipinski definition) is 5. The number of aliphatic carboxylic acids is 1. The van der Waals surface area contributed by atoms with Crippen LogP contribution >= 0.6 is 24.0 Å². The van der Waals surface area contributed by atoms with E-state index in [1.807, 2.05) is 12.1 Å². The summed E-state index contributed by atoms with van der Waals surface area (Å²) >= 11 is 6.54. The van der Waals surface area contributed by atoms with Crippen molar-refractivity contribution in [2.24, 2.45) is 0 Å². The molecule has 20 heavy (non-hydrogen) atoms. The zero-order chi connectivity index (χ0) is 15.2. The normalized spacial score (nSPS) is 13.1. The third kappa shape index (κ3) is 4.83. The number of nitriles is 1. The molecule has 1 unspecified atom stereocenters. The van der Waals surface area contributed by atoms with E-state index in [1.165, 1.54) is 11.8 Å². The maximum Gasteiger partial charge on any atom is 0.303 e. The van der Waals surface area contributed by atoms with Crippen molar-refractivity contribution in [3.8, 4) is 11.8 Å². The fraction of sp³-hybridized carbons (Fsp3) is 0.357. The summed E-state index contributed by atoms with van der Waals surface area (Å²) in [7, 11) is 1.58. The summed E-state index contributed by atoms with van der Waals surface area (Å²) in [5.74, 6) is -0.182. The summed E-state index contributed by atoms with van der Waals surface area (Å²) in [6.45, 7) is 1.70. The molecule has 0 radical (unpaired) electrons. The van der Waals surface area contributed by atoms with Crippen molar-refractivity contribution in [2.75, 3.05) is 7.11 Å². The number of thiocarbonyl (C=S) groups is 1. The monoisotopic (exact) mass is 309 g/mol. The van der Waals surface area contributed by atoms with Gasteiger partial charge in [0.1, 0.15) is 10.5 Å². The van der Waals surface area contributed by atoms with Gasteiger partial charge in [-0.05, 0) is 43.2 Å². The van der Waals surface area contributed by atoms with Gasteiger partial charge in [-0.1, -0.05) is 24.0 Å². The second kappa shape index (κ2) is 7.27. The first-order valence-electron chi connectivity index (χ1n) is 5.90. The molecule has 0 heterocycles. The molecule has 0 aliphatic carbocycles. The smallest absolute Gasteiger partial charge is 0.303 e. The Morgan fingerprint density at radius 1 is 1.50 bits per heavy atom. The van der Waals surface area contributed by atoms with Crippen LogP contribution in [0.3, 0.4) is 0 Å². The summed E-state index contributed by atoms with van der Waals surface area (Å²) in [5, 5.41) is 17.9. The van der Waals surface area contributed by atoms with Crippen molar-refractivity contribution in [3.63, 3.8) is 0 Å². The average molecular weight is 309 g/mol. The van der Waals surface area contributed by atoms with Crippen LogP contribution in [0.1, 0.15) is 25.3 Å². The van der Waals surface area contributed by atoms with E-state index in [2.05, 4.69) is 6.07 Å². The Morgan fingerprint density at radius 3 is 2.55 bits per heavy atom. The van der Waals surface area contributed by atoms with Gasteiger partial charge in [0, 0.05) is 6.42 Å². The van der Waals surface area contributed by atoms with E-state index in [1.54, 1.807) is 26.2 Å². The molecular weight excluding hydrogens is 294 g/mol. The van der Waals surface area contributed by atoms with E-state index < -0.39 is 10.7 Å². The van der Waals surface area contributed by atoms with Gasteiger partial charge in [-0.25, -0.2) is 0 Å². The third-order valence-electron chi connectivity index (χ3n) is 2.70.